The molecule has 0 saturated carbocycles. The summed E-state index contributed by atoms with van der Waals surface area (Å²) in [6.45, 7) is 0. The van der Waals surface area contributed by atoms with Gasteiger partial charge in [0.1, 0.15) is 0 Å². The largest absolute Gasteiger partial charge is 0.294 e. The van der Waals surface area contributed by atoms with Crippen LogP contribution in [-0.4, -0.2) is 20.8 Å². The summed E-state index contributed by atoms with van der Waals surface area (Å²) in [5, 5.41) is 8.48. The van der Waals surface area contributed by atoms with Crippen molar-refractivity contribution in [3.05, 3.63) is 45.7 Å². The van der Waals surface area contributed by atoms with E-state index < -0.39 is 0 Å². The molecule has 4 nitrogen and oxygen atoms in total. The SMILES string of the molecule is Cn1cc(CC(=O)c2cc(Cl)ccc2Cl)nn1. The first-order valence-electron chi connectivity index (χ1n) is 4.89. The van der Waals surface area contributed by atoms with E-state index in [-0.39, 0.29) is 12.2 Å². The summed E-state index contributed by atoms with van der Waals surface area (Å²) in [6.07, 6.45) is 1.85. The number of rotatable bonds is 3. The average Bonchev–Trinajstić information content (AvgIpc) is 2.67. The van der Waals surface area contributed by atoms with Crippen molar-refractivity contribution >= 4 is 29.0 Å². The van der Waals surface area contributed by atoms with E-state index in [4.69, 9.17) is 23.2 Å². The Morgan fingerprint density at radius 2 is 2.18 bits per heavy atom. The van der Waals surface area contributed by atoms with Crippen LogP contribution in [0.2, 0.25) is 10.0 Å². The van der Waals surface area contributed by atoms with Crippen LogP contribution < -0.4 is 0 Å². The van der Waals surface area contributed by atoms with E-state index in [1.54, 1.807) is 36.1 Å². The Kier molecular flexibility index (Phi) is 3.45. The zero-order chi connectivity index (χ0) is 12.4. The summed E-state index contributed by atoms with van der Waals surface area (Å²) in [4.78, 5) is 12.0. The molecule has 1 aromatic heterocycles. The summed E-state index contributed by atoms with van der Waals surface area (Å²) < 4.78 is 1.54. The fraction of sp³-hybridized carbons (Fsp3) is 0.182. The molecule has 1 heterocycles. The fourth-order valence-electron chi connectivity index (χ4n) is 1.45. The maximum Gasteiger partial charge on any atom is 0.170 e. The van der Waals surface area contributed by atoms with Crippen molar-refractivity contribution in [3.8, 4) is 0 Å². The molecule has 2 aromatic rings. The first kappa shape index (κ1) is 12.1. The molecule has 0 saturated heterocycles. The van der Waals surface area contributed by atoms with E-state index >= 15 is 0 Å². The van der Waals surface area contributed by atoms with E-state index in [0.29, 0.717) is 21.3 Å². The Hall–Kier alpha value is -1.39. The standard InChI is InChI=1S/C11H9Cl2N3O/c1-16-6-8(14-15-16)5-11(17)9-4-7(12)2-3-10(9)13/h2-4,6H,5H2,1H3. The second-order valence-electron chi connectivity index (χ2n) is 3.61. The van der Waals surface area contributed by atoms with Crippen LogP contribution >= 0.6 is 23.2 Å². The number of carbonyl (C=O) groups excluding carboxylic acids is 1. The van der Waals surface area contributed by atoms with E-state index in [2.05, 4.69) is 10.3 Å². The van der Waals surface area contributed by atoms with Gasteiger partial charge in [-0.25, -0.2) is 0 Å². The minimum absolute atomic E-state index is 0.127. The Morgan fingerprint density at radius 1 is 1.41 bits per heavy atom. The number of nitrogens with zero attached hydrogens (tertiary/aromatic N) is 3. The minimum Gasteiger partial charge on any atom is -0.294 e. The second-order valence-corrected chi connectivity index (χ2v) is 4.45. The van der Waals surface area contributed by atoms with Gasteiger partial charge in [-0.15, -0.1) is 5.10 Å². The fourth-order valence-corrected chi connectivity index (χ4v) is 1.84. The third kappa shape index (κ3) is 2.84. The molecular formula is C11H9Cl2N3O. The van der Waals surface area contributed by atoms with Gasteiger partial charge < -0.3 is 0 Å². The van der Waals surface area contributed by atoms with Gasteiger partial charge in [0, 0.05) is 23.8 Å². The average molecular weight is 270 g/mol. The number of aryl methyl sites for hydroxylation is 1. The van der Waals surface area contributed by atoms with Crippen LogP contribution in [0.25, 0.3) is 0 Å². The maximum atomic E-state index is 12.0. The van der Waals surface area contributed by atoms with Crippen LogP contribution in [0.1, 0.15) is 16.1 Å². The highest BCUT2D eigenvalue weighted by atomic mass is 35.5. The van der Waals surface area contributed by atoms with Gasteiger partial charge in [-0.2, -0.15) is 0 Å². The Labute approximate surface area is 108 Å². The van der Waals surface area contributed by atoms with Gasteiger partial charge in [-0.05, 0) is 18.2 Å². The Morgan fingerprint density at radius 3 is 2.82 bits per heavy atom. The molecule has 0 aliphatic heterocycles. The lowest BCUT2D eigenvalue weighted by Crippen LogP contribution is -2.04. The van der Waals surface area contributed by atoms with Crippen LogP contribution in [0.3, 0.4) is 0 Å². The molecule has 0 unspecified atom stereocenters. The van der Waals surface area contributed by atoms with Crippen LogP contribution in [0.4, 0.5) is 0 Å². The van der Waals surface area contributed by atoms with Crippen molar-refractivity contribution in [2.75, 3.05) is 0 Å². The van der Waals surface area contributed by atoms with Gasteiger partial charge >= 0.3 is 0 Å². The quantitative estimate of drug-likeness (QED) is 0.805. The zero-order valence-electron chi connectivity index (χ0n) is 9.02. The van der Waals surface area contributed by atoms with Crippen molar-refractivity contribution in [1.82, 2.24) is 15.0 Å². The molecule has 0 spiro atoms. The molecule has 0 N–H and O–H groups in total. The molecule has 88 valence electrons. The molecule has 17 heavy (non-hydrogen) atoms. The van der Waals surface area contributed by atoms with E-state index in [1.165, 1.54) is 0 Å². The lowest BCUT2D eigenvalue weighted by Gasteiger charge is -2.02. The zero-order valence-corrected chi connectivity index (χ0v) is 10.5. The van der Waals surface area contributed by atoms with E-state index in [1.807, 2.05) is 0 Å². The molecule has 6 heteroatoms. The predicted molar refractivity (Wildman–Crippen MR) is 65.5 cm³/mol. The summed E-state index contributed by atoms with van der Waals surface area (Å²) in [6, 6.07) is 4.80. The highest BCUT2D eigenvalue weighted by molar-refractivity contribution is 6.35. The smallest absolute Gasteiger partial charge is 0.170 e. The monoisotopic (exact) mass is 269 g/mol. The topological polar surface area (TPSA) is 47.8 Å². The maximum absolute atomic E-state index is 12.0. The van der Waals surface area contributed by atoms with Crippen LogP contribution in [0.15, 0.2) is 24.4 Å². The van der Waals surface area contributed by atoms with Crippen molar-refractivity contribution < 1.29 is 4.79 Å². The van der Waals surface area contributed by atoms with Crippen molar-refractivity contribution in [2.45, 2.75) is 6.42 Å². The highest BCUT2D eigenvalue weighted by Gasteiger charge is 2.13. The first-order chi connectivity index (χ1) is 8.06. The summed E-state index contributed by atoms with van der Waals surface area (Å²) in [5.41, 5.74) is 1.01. The second kappa shape index (κ2) is 4.85. The third-order valence-corrected chi connectivity index (χ3v) is 2.79. The van der Waals surface area contributed by atoms with Gasteiger partial charge in [0.25, 0.3) is 0 Å². The lowest BCUT2D eigenvalue weighted by molar-refractivity contribution is 0.0992. The van der Waals surface area contributed by atoms with Gasteiger partial charge in [0.2, 0.25) is 0 Å². The number of Topliss-reactive ketones (excluding diaryl/α,β-unsaturated/α-hetero) is 1. The highest BCUT2D eigenvalue weighted by Crippen LogP contribution is 2.21. The van der Waals surface area contributed by atoms with Crippen LogP contribution in [-0.2, 0) is 13.5 Å². The number of halogens is 2. The lowest BCUT2D eigenvalue weighted by atomic mass is 10.1. The van der Waals surface area contributed by atoms with Gasteiger partial charge in [-0.1, -0.05) is 28.4 Å². The molecule has 0 aliphatic carbocycles. The molecule has 0 radical (unpaired) electrons. The van der Waals surface area contributed by atoms with Crippen molar-refractivity contribution in [1.29, 1.82) is 0 Å². The molecule has 0 amide bonds. The molecule has 0 fully saturated rings. The molecule has 0 bridgehead atoms. The number of hydrogen-bond donors (Lipinski definition) is 0. The summed E-state index contributed by atoms with van der Waals surface area (Å²) >= 11 is 11.8. The number of ketones is 1. The van der Waals surface area contributed by atoms with Gasteiger partial charge in [0.15, 0.2) is 5.78 Å². The Balaban J connectivity index is 2.22. The predicted octanol–water partition coefficient (Wildman–Crippen LogP) is 2.55. The molecule has 1 aromatic carbocycles. The normalized spacial score (nSPS) is 10.5. The van der Waals surface area contributed by atoms with Gasteiger partial charge in [-0.3, -0.25) is 9.48 Å². The van der Waals surface area contributed by atoms with E-state index in [0.717, 1.165) is 0 Å². The van der Waals surface area contributed by atoms with Crippen molar-refractivity contribution in [3.63, 3.8) is 0 Å². The summed E-state index contributed by atoms with van der Waals surface area (Å²) in [5.74, 6) is -0.127. The number of aromatic nitrogens is 3. The number of carbonyl (C=O) groups is 1. The third-order valence-electron chi connectivity index (χ3n) is 2.22. The van der Waals surface area contributed by atoms with Crippen molar-refractivity contribution in [2.24, 2.45) is 7.05 Å². The van der Waals surface area contributed by atoms with Crippen LogP contribution in [0.5, 0.6) is 0 Å². The Bertz CT molecular complexity index is 566. The molecule has 2 rings (SSSR count). The van der Waals surface area contributed by atoms with Gasteiger partial charge in [0.05, 0.1) is 17.1 Å². The number of hydrogen-bond acceptors (Lipinski definition) is 3. The molecule has 0 aliphatic rings. The molecular weight excluding hydrogens is 261 g/mol. The van der Waals surface area contributed by atoms with Crippen LogP contribution in [0, 0.1) is 0 Å². The minimum atomic E-state index is -0.127. The molecule has 0 atom stereocenters. The van der Waals surface area contributed by atoms with E-state index in [9.17, 15) is 4.79 Å². The first-order valence-corrected chi connectivity index (χ1v) is 5.65. The number of benzene rings is 1. The summed E-state index contributed by atoms with van der Waals surface area (Å²) in [7, 11) is 1.74.